The Morgan fingerprint density at radius 2 is 1.70 bits per heavy atom. The molecule has 0 saturated heterocycles. The molecule has 142 valence electrons. The maximum Gasteiger partial charge on any atom is 0.269 e. The van der Waals surface area contributed by atoms with Crippen LogP contribution in [-0.4, -0.2) is 26.5 Å². The van der Waals surface area contributed by atoms with Crippen LogP contribution in [0.2, 0.25) is 10.0 Å². The first kappa shape index (κ1) is 19.7. The minimum Gasteiger partial charge on any atom is -0.273 e. The van der Waals surface area contributed by atoms with Crippen molar-refractivity contribution in [2.75, 3.05) is 6.26 Å². The molecule has 0 radical (unpaired) electrons. The van der Waals surface area contributed by atoms with Crippen LogP contribution in [0.15, 0.2) is 47.4 Å². The zero-order chi connectivity index (χ0) is 19.8. The summed E-state index contributed by atoms with van der Waals surface area (Å²) in [6.45, 7) is 0. The number of hydrogen-bond donors (Lipinski definition) is 2. The van der Waals surface area contributed by atoms with E-state index in [9.17, 15) is 18.0 Å². The van der Waals surface area contributed by atoms with E-state index in [1.165, 1.54) is 24.3 Å². The number of hydrogen-bond acceptors (Lipinski definition) is 4. The summed E-state index contributed by atoms with van der Waals surface area (Å²) in [5, 5.41) is 0.875. The molecular weight excluding hydrogens is 411 g/mol. The van der Waals surface area contributed by atoms with Crippen LogP contribution in [0.1, 0.15) is 28.3 Å². The lowest BCUT2D eigenvalue weighted by molar-refractivity contribution is -0.123. The monoisotopic (exact) mass is 426 g/mol. The summed E-state index contributed by atoms with van der Waals surface area (Å²) in [6.07, 6.45) is 1.70. The molecule has 3 rings (SSSR count). The van der Waals surface area contributed by atoms with Gasteiger partial charge in [0.15, 0.2) is 9.84 Å². The van der Waals surface area contributed by atoms with Crippen molar-refractivity contribution < 1.29 is 18.0 Å². The Morgan fingerprint density at radius 1 is 1.04 bits per heavy atom. The van der Waals surface area contributed by atoms with E-state index in [1.807, 2.05) is 6.07 Å². The summed E-state index contributed by atoms with van der Waals surface area (Å²) in [7, 11) is -3.33. The summed E-state index contributed by atoms with van der Waals surface area (Å²) in [5.74, 6) is -1.20. The first-order chi connectivity index (χ1) is 12.7. The summed E-state index contributed by atoms with van der Waals surface area (Å²) < 4.78 is 22.9. The summed E-state index contributed by atoms with van der Waals surface area (Å²) in [5.41, 5.74) is 5.76. The predicted molar refractivity (Wildman–Crippen MR) is 102 cm³/mol. The number of carbonyl (C=O) groups excluding carboxylic acids is 2. The van der Waals surface area contributed by atoms with E-state index in [-0.39, 0.29) is 28.2 Å². The lowest BCUT2D eigenvalue weighted by Gasteiger charge is -2.08. The van der Waals surface area contributed by atoms with Crippen LogP contribution in [-0.2, 0) is 14.6 Å². The van der Waals surface area contributed by atoms with Crippen molar-refractivity contribution in [3.8, 4) is 0 Å². The molecular formula is C18H16Cl2N2O4S. The van der Waals surface area contributed by atoms with Crippen molar-refractivity contribution in [3.05, 3.63) is 63.6 Å². The third-order valence-corrected chi connectivity index (χ3v) is 6.31. The smallest absolute Gasteiger partial charge is 0.269 e. The van der Waals surface area contributed by atoms with Crippen LogP contribution in [0.25, 0.3) is 0 Å². The fraction of sp³-hybridized carbons (Fsp3) is 0.222. The summed E-state index contributed by atoms with van der Waals surface area (Å²) >= 11 is 12.2. The molecule has 1 fully saturated rings. The zero-order valence-electron chi connectivity index (χ0n) is 14.2. The molecule has 9 heteroatoms. The number of halogens is 2. The first-order valence-electron chi connectivity index (χ1n) is 8.02. The molecule has 0 aromatic heterocycles. The predicted octanol–water partition coefficient (Wildman–Crippen LogP) is 2.96. The molecule has 0 bridgehead atoms. The molecule has 2 N–H and O–H groups in total. The van der Waals surface area contributed by atoms with E-state index < -0.39 is 15.7 Å². The van der Waals surface area contributed by atoms with E-state index in [4.69, 9.17) is 23.2 Å². The highest BCUT2D eigenvalue weighted by Crippen LogP contribution is 2.50. The van der Waals surface area contributed by atoms with Crippen LogP contribution < -0.4 is 10.9 Å². The molecule has 0 aliphatic heterocycles. The van der Waals surface area contributed by atoms with Crippen molar-refractivity contribution >= 4 is 44.9 Å². The van der Waals surface area contributed by atoms with Crippen molar-refractivity contribution in [1.29, 1.82) is 0 Å². The van der Waals surface area contributed by atoms with E-state index in [1.54, 1.807) is 12.1 Å². The van der Waals surface area contributed by atoms with Gasteiger partial charge >= 0.3 is 0 Å². The standard InChI is InChI=1S/C18H16Cl2N2O4S/c1-27(25,26)11-7-5-10(6-8-11)17(23)21-22-18(24)14-9-13(14)12-3-2-4-15(19)16(12)20/h2-8,13-14H,9H2,1H3,(H,21,23)(H,22,24). The Balaban J connectivity index is 1.57. The van der Waals surface area contributed by atoms with Crippen LogP contribution in [0.5, 0.6) is 0 Å². The Labute approximate surface area is 166 Å². The highest BCUT2D eigenvalue weighted by molar-refractivity contribution is 7.90. The van der Waals surface area contributed by atoms with Crippen LogP contribution in [0.4, 0.5) is 0 Å². The van der Waals surface area contributed by atoms with Gasteiger partial charge in [-0.3, -0.25) is 20.4 Å². The highest BCUT2D eigenvalue weighted by Gasteiger charge is 2.45. The van der Waals surface area contributed by atoms with Gasteiger partial charge < -0.3 is 0 Å². The van der Waals surface area contributed by atoms with Gasteiger partial charge in [0.05, 0.1) is 14.9 Å². The minimum atomic E-state index is -3.33. The fourth-order valence-corrected chi connectivity index (χ4v) is 3.85. The Kier molecular flexibility index (Phi) is 5.46. The maximum absolute atomic E-state index is 12.2. The first-order valence-corrected chi connectivity index (χ1v) is 10.7. The molecule has 1 aliphatic rings. The Morgan fingerprint density at radius 3 is 2.33 bits per heavy atom. The van der Waals surface area contributed by atoms with Crippen molar-refractivity contribution in [3.63, 3.8) is 0 Å². The molecule has 1 saturated carbocycles. The second-order valence-corrected chi connectivity index (χ2v) is 9.13. The Hall–Kier alpha value is -2.09. The quantitative estimate of drug-likeness (QED) is 0.734. The van der Waals surface area contributed by atoms with Gasteiger partial charge in [-0.05, 0) is 48.2 Å². The largest absolute Gasteiger partial charge is 0.273 e. The third kappa shape index (κ3) is 4.43. The van der Waals surface area contributed by atoms with Gasteiger partial charge in [-0.2, -0.15) is 0 Å². The molecule has 1 aliphatic carbocycles. The lowest BCUT2D eigenvalue weighted by Crippen LogP contribution is -2.42. The van der Waals surface area contributed by atoms with Crippen LogP contribution in [0, 0.1) is 5.92 Å². The van der Waals surface area contributed by atoms with Crippen LogP contribution >= 0.6 is 23.2 Å². The summed E-state index contributed by atoms with van der Waals surface area (Å²) in [6, 6.07) is 10.7. The van der Waals surface area contributed by atoms with E-state index in [2.05, 4.69) is 10.9 Å². The number of nitrogens with one attached hydrogen (secondary N) is 2. The molecule has 2 aromatic carbocycles. The molecule has 27 heavy (non-hydrogen) atoms. The summed E-state index contributed by atoms with van der Waals surface area (Å²) in [4.78, 5) is 24.4. The Bertz CT molecular complexity index is 1010. The van der Waals surface area contributed by atoms with Gasteiger partial charge in [0.25, 0.3) is 5.91 Å². The van der Waals surface area contributed by atoms with Crippen molar-refractivity contribution in [2.45, 2.75) is 17.2 Å². The number of rotatable bonds is 4. The number of benzene rings is 2. The van der Waals surface area contributed by atoms with Crippen molar-refractivity contribution in [2.24, 2.45) is 5.92 Å². The zero-order valence-corrected chi connectivity index (χ0v) is 16.5. The minimum absolute atomic E-state index is 0.0397. The molecule has 2 unspecified atom stereocenters. The maximum atomic E-state index is 12.2. The molecule has 2 amide bonds. The third-order valence-electron chi connectivity index (χ3n) is 4.35. The molecule has 2 atom stereocenters. The second-order valence-electron chi connectivity index (χ2n) is 6.33. The lowest BCUT2D eigenvalue weighted by atomic mass is 10.1. The van der Waals surface area contributed by atoms with Gasteiger partial charge in [-0.25, -0.2) is 8.42 Å². The topological polar surface area (TPSA) is 92.3 Å². The average Bonchev–Trinajstić information content (AvgIpc) is 3.41. The van der Waals surface area contributed by atoms with Gasteiger partial charge in [0.2, 0.25) is 5.91 Å². The van der Waals surface area contributed by atoms with E-state index in [0.29, 0.717) is 16.5 Å². The molecule has 0 heterocycles. The normalized spacial score (nSPS) is 18.6. The van der Waals surface area contributed by atoms with Crippen molar-refractivity contribution in [1.82, 2.24) is 10.9 Å². The highest BCUT2D eigenvalue weighted by atomic mass is 35.5. The van der Waals surface area contributed by atoms with Gasteiger partial charge in [0, 0.05) is 17.7 Å². The molecule has 0 spiro atoms. The molecule has 6 nitrogen and oxygen atoms in total. The van der Waals surface area contributed by atoms with Gasteiger partial charge in [-0.1, -0.05) is 35.3 Å². The number of sulfone groups is 1. The second kappa shape index (κ2) is 7.50. The van der Waals surface area contributed by atoms with E-state index >= 15 is 0 Å². The SMILES string of the molecule is CS(=O)(=O)c1ccc(C(=O)NNC(=O)C2CC2c2cccc(Cl)c2Cl)cc1. The number of amides is 2. The van der Waals surface area contributed by atoms with Crippen LogP contribution in [0.3, 0.4) is 0 Å². The number of carbonyl (C=O) groups is 2. The van der Waals surface area contributed by atoms with E-state index in [0.717, 1.165) is 11.8 Å². The molecule has 2 aromatic rings. The average molecular weight is 427 g/mol. The fourth-order valence-electron chi connectivity index (χ4n) is 2.77. The number of hydrazine groups is 1. The van der Waals surface area contributed by atoms with Gasteiger partial charge in [-0.15, -0.1) is 0 Å². The van der Waals surface area contributed by atoms with Gasteiger partial charge in [0.1, 0.15) is 0 Å².